The number of hydrogen-bond acceptors (Lipinski definition) is 4. The Labute approximate surface area is 149 Å². The van der Waals surface area contributed by atoms with Crippen molar-refractivity contribution in [3.8, 4) is 5.75 Å². The molecule has 2 saturated heterocycles. The molecule has 0 N–H and O–H groups in total. The quantitative estimate of drug-likeness (QED) is 0.744. The molecule has 0 radical (unpaired) electrons. The second kappa shape index (κ2) is 8.37. The summed E-state index contributed by atoms with van der Waals surface area (Å²) >= 11 is 0. The zero-order valence-corrected chi connectivity index (χ0v) is 14.9. The summed E-state index contributed by atoms with van der Waals surface area (Å²) in [6, 6.07) is 8.34. The van der Waals surface area contributed by atoms with E-state index in [2.05, 4.69) is 12.1 Å². The molecule has 2 fully saturated rings. The summed E-state index contributed by atoms with van der Waals surface area (Å²) in [6.07, 6.45) is 4.64. The number of piperidine rings is 1. The maximum atomic E-state index is 12.4. The van der Waals surface area contributed by atoms with Gasteiger partial charge in [0.15, 0.2) is 6.10 Å². The topological polar surface area (TPSA) is 55.8 Å². The van der Waals surface area contributed by atoms with Crippen LogP contribution in [0.4, 0.5) is 0 Å². The number of cyclic esters (lactones) is 1. The lowest BCUT2D eigenvalue weighted by Gasteiger charge is -2.33. The van der Waals surface area contributed by atoms with Gasteiger partial charge in [-0.2, -0.15) is 0 Å². The molecule has 1 atom stereocenters. The van der Waals surface area contributed by atoms with Crippen LogP contribution in [0.3, 0.4) is 0 Å². The lowest BCUT2D eigenvalue weighted by Crippen LogP contribution is -2.43. The van der Waals surface area contributed by atoms with Crippen LogP contribution in [0.5, 0.6) is 5.75 Å². The van der Waals surface area contributed by atoms with E-state index in [0.29, 0.717) is 25.4 Å². The SMILES string of the molecule is CCOc1ccc(CCC2CCN(C(=O)[C@H]3CCC(=O)O3)CC2)cc1. The number of rotatable bonds is 6. The summed E-state index contributed by atoms with van der Waals surface area (Å²) in [5.41, 5.74) is 1.33. The zero-order valence-electron chi connectivity index (χ0n) is 14.9. The number of carbonyl (C=O) groups excluding carboxylic acids is 2. The molecule has 0 spiro atoms. The number of amides is 1. The van der Waals surface area contributed by atoms with Gasteiger partial charge in [0.1, 0.15) is 5.75 Å². The second-order valence-corrected chi connectivity index (χ2v) is 6.90. The van der Waals surface area contributed by atoms with E-state index in [1.807, 2.05) is 24.0 Å². The van der Waals surface area contributed by atoms with E-state index in [-0.39, 0.29) is 11.9 Å². The molecule has 0 saturated carbocycles. The van der Waals surface area contributed by atoms with Gasteiger partial charge in [0, 0.05) is 25.9 Å². The molecule has 1 aromatic carbocycles. The summed E-state index contributed by atoms with van der Waals surface area (Å²) in [4.78, 5) is 25.4. The smallest absolute Gasteiger partial charge is 0.306 e. The van der Waals surface area contributed by atoms with Crippen molar-refractivity contribution in [2.45, 2.75) is 51.6 Å². The van der Waals surface area contributed by atoms with Gasteiger partial charge in [-0.15, -0.1) is 0 Å². The molecule has 3 rings (SSSR count). The van der Waals surface area contributed by atoms with Crippen LogP contribution in [0.1, 0.15) is 44.6 Å². The van der Waals surface area contributed by atoms with Crippen molar-refractivity contribution in [2.75, 3.05) is 19.7 Å². The normalized spacial score (nSPS) is 21.2. The van der Waals surface area contributed by atoms with E-state index in [9.17, 15) is 9.59 Å². The first-order valence-electron chi connectivity index (χ1n) is 9.35. The molecule has 1 amide bonds. The number of hydrogen-bond donors (Lipinski definition) is 0. The Morgan fingerprint density at radius 1 is 1.20 bits per heavy atom. The molecule has 2 aliphatic heterocycles. The second-order valence-electron chi connectivity index (χ2n) is 6.90. The molecule has 5 heteroatoms. The predicted octanol–water partition coefficient (Wildman–Crippen LogP) is 2.96. The first-order chi connectivity index (χ1) is 12.2. The van der Waals surface area contributed by atoms with Crippen LogP contribution in [0.2, 0.25) is 0 Å². The fourth-order valence-electron chi connectivity index (χ4n) is 3.63. The Balaban J connectivity index is 1.40. The maximum Gasteiger partial charge on any atom is 0.306 e. The Hall–Kier alpha value is -2.04. The average Bonchev–Trinajstić information content (AvgIpc) is 3.08. The van der Waals surface area contributed by atoms with E-state index in [0.717, 1.165) is 44.5 Å². The molecular weight excluding hydrogens is 318 g/mol. The number of ether oxygens (including phenoxy) is 2. The van der Waals surface area contributed by atoms with Gasteiger partial charge in [0.2, 0.25) is 0 Å². The highest BCUT2D eigenvalue weighted by Gasteiger charge is 2.34. The third kappa shape index (κ3) is 4.74. The van der Waals surface area contributed by atoms with Gasteiger partial charge in [0.05, 0.1) is 6.61 Å². The van der Waals surface area contributed by atoms with Crippen LogP contribution < -0.4 is 4.74 Å². The van der Waals surface area contributed by atoms with Crippen LogP contribution in [0.15, 0.2) is 24.3 Å². The first kappa shape index (κ1) is 17.8. The summed E-state index contributed by atoms with van der Waals surface area (Å²) in [5, 5.41) is 0. The maximum absolute atomic E-state index is 12.4. The number of benzene rings is 1. The number of aryl methyl sites for hydroxylation is 1. The molecule has 0 aromatic heterocycles. The summed E-state index contributed by atoms with van der Waals surface area (Å²) in [7, 11) is 0. The van der Waals surface area contributed by atoms with Crippen molar-refractivity contribution in [3.05, 3.63) is 29.8 Å². The largest absolute Gasteiger partial charge is 0.494 e. The lowest BCUT2D eigenvalue weighted by atomic mass is 9.90. The summed E-state index contributed by atoms with van der Waals surface area (Å²) in [5.74, 6) is 1.33. The van der Waals surface area contributed by atoms with Crippen LogP contribution in [-0.2, 0) is 20.7 Å². The zero-order chi connectivity index (χ0) is 17.6. The van der Waals surface area contributed by atoms with Gasteiger partial charge < -0.3 is 14.4 Å². The van der Waals surface area contributed by atoms with Gasteiger partial charge in [-0.3, -0.25) is 9.59 Å². The van der Waals surface area contributed by atoms with Crippen molar-refractivity contribution in [1.29, 1.82) is 0 Å². The number of likely N-dealkylation sites (tertiary alicyclic amines) is 1. The van der Waals surface area contributed by atoms with Gasteiger partial charge in [0.25, 0.3) is 5.91 Å². The van der Waals surface area contributed by atoms with Crippen LogP contribution >= 0.6 is 0 Å². The fourth-order valence-corrected chi connectivity index (χ4v) is 3.63. The van der Waals surface area contributed by atoms with Crippen molar-refractivity contribution >= 4 is 11.9 Å². The highest BCUT2D eigenvalue weighted by molar-refractivity contribution is 5.86. The van der Waals surface area contributed by atoms with Gasteiger partial charge >= 0.3 is 5.97 Å². The van der Waals surface area contributed by atoms with E-state index in [4.69, 9.17) is 9.47 Å². The highest BCUT2D eigenvalue weighted by Crippen LogP contribution is 2.25. The van der Waals surface area contributed by atoms with Gasteiger partial charge in [-0.1, -0.05) is 12.1 Å². The minimum Gasteiger partial charge on any atom is -0.494 e. The van der Waals surface area contributed by atoms with Crippen molar-refractivity contribution in [1.82, 2.24) is 4.90 Å². The highest BCUT2D eigenvalue weighted by atomic mass is 16.6. The van der Waals surface area contributed by atoms with Crippen molar-refractivity contribution < 1.29 is 19.1 Å². The Kier molecular flexibility index (Phi) is 5.95. The lowest BCUT2D eigenvalue weighted by molar-refractivity contribution is -0.153. The van der Waals surface area contributed by atoms with Crippen LogP contribution in [0.25, 0.3) is 0 Å². The van der Waals surface area contributed by atoms with E-state index < -0.39 is 6.10 Å². The Morgan fingerprint density at radius 2 is 1.92 bits per heavy atom. The molecule has 0 unspecified atom stereocenters. The molecule has 0 aliphatic carbocycles. The average molecular weight is 345 g/mol. The van der Waals surface area contributed by atoms with Crippen LogP contribution in [-0.4, -0.2) is 42.6 Å². The molecule has 136 valence electrons. The molecule has 2 heterocycles. The predicted molar refractivity (Wildman–Crippen MR) is 94.4 cm³/mol. The molecule has 5 nitrogen and oxygen atoms in total. The number of esters is 1. The molecular formula is C20H27NO4. The molecule has 2 aliphatic rings. The number of nitrogens with zero attached hydrogens (tertiary/aromatic N) is 1. The summed E-state index contributed by atoms with van der Waals surface area (Å²) < 4.78 is 10.6. The first-order valence-corrected chi connectivity index (χ1v) is 9.35. The van der Waals surface area contributed by atoms with Crippen molar-refractivity contribution in [2.24, 2.45) is 5.92 Å². The number of carbonyl (C=O) groups is 2. The van der Waals surface area contributed by atoms with E-state index in [1.54, 1.807) is 0 Å². The molecule has 1 aromatic rings. The summed E-state index contributed by atoms with van der Waals surface area (Å²) in [6.45, 7) is 4.24. The van der Waals surface area contributed by atoms with E-state index in [1.165, 1.54) is 5.56 Å². The minimum absolute atomic E-state index is 0.00388. The fraction of sp³-hybridized carbons (Fsp3) is 0.600. The molecule has 0 bridgehead atoms. The van der Waals surface area contributed by atoms with Gasteiger partial charge in [-0.05, 0) is 56.2 Å². The van der Waals surface area contributed by atoms with Gasteiger partial charge in [-0.25, -0.2) is 0 Å². The monoisotopic (exact) mass is 345 g/mol. The Bertz CT molecular complexity index is 590. The van der Waals surface area contributed by atoms with E-state index >= 15 is 0 Å². The van der Waals surface area contributed by atoms with Crippen LogP contribution in [0, 0.1) is 5.92 Å². The third-order valence-corrected chi connectivity index (χ3v) is 5.16. The standard InChI is InChI=1S/C20H27NO4/c1-2-24-17-7-5-15(6-8-17)3-4-16-11-13-21(14-12-16)20(23)18-9-10-19(22)25-18/h5-8,16,18H,2-4,9-14H2,1H3/t18-/m1/s1. The third-order valence-electron chi connectivity index (χ3n) is 5.16. The minimum atomic E-state index is -0.534. The van der Waals surface area contributed by atoms with Crippen molar-refractivity contribution in [3.63, 3.8) is 0 Å². The Morgan fingerprint density at radius 3 is 2.52 bits per heavy atom. The molecule has 25 heavy (non-hydrogen) atoms.